The average molecular weight is 469 g/mol. The van der Waals surface area contributed by atoms with Crippen LogP contribution in [0.25, 0.3) is 0 Å². The van der Waals surface area contributed by atoms with Crippen LogP contribution in [-0.2, 0) is 10.9 Å². The van der Waals surface area contributed by atoms with Crippen molar-refractivity contribution in [3.63, 3.8) is 0 Å². The summed E-state index contributed by atoms with van der Waals surface area (Å²) in [4.78, 5) is 15.2. The number of aliphatic hydroxyl groups excluding tert-OH is 1. The summed E-state index contributed by atoms with van der Waals surface area (Å²) in [5.74, 6) is -0.716. The minimum absolute atomic E-state index is 0.0102. The molecule has 1 saturated heterocycles. The molecule has 4 rings (SSSR count). The molecule has 1 aromatic carbocycles. The molecule has 1 aromatic heterocycles. The number of rotatable bonds is 6. The molecule has 2 aliphatic rings. The van der Waals surface area contributed by atoms with Gasteiger partial charge in [0.1, 0.15) is 23.5 Å². The molecule has 6 nitrogen and oxygen atoms in total. The van der Waals surface area contributed by atoms with E-state index in [1.807, 2.05) is 6.08 Å². The number of aliphatic hydroxyl groups is 1. The van der Waals surface area contributed by atoms with Crippen LogP contribution in [-0.4, -0.2) is 40.0 Å². The van der Waals surface area contributed by atoms with Gasteiger partial charge >= 0.3 is 12.1 Å². The quantitative estimate of drug-likeness (QED) is 0.596. The number of ether oxygens (including phenoxy) is 2. The van der Waals surface area contributed by atoms with Gasteiger partial charge in [-0.25, -0.2) is 9.78 Å². The van der Waals surface area contributed by atoms with E-state index in [1.54, 1.807) is 6.08 Å². The highest BCUT2D eigenvalue weighted by molar-refractivity contribution is 7.09. The van der Waals surface area contributed by atoms with Gasteiger partial charge in [0.2, 0.25) is 0 Å². The Labute approximate surface area is 186 Å². The molecule has 2 fully saturated rings. The standard InChI is InChI=1S/C22H22F3NO5S/c23-22(24,25)12-3-5-13(6-4-12)30-9-1-2-14-15-7-8-18(31-19(15)10-17(14)27)20-26-16(11-32-20)21(28)29/h1-6,11,14-15,17-19,27H,7-10H2,(H,28,29)/b2-1+/t14-,15-,17-,18-,19+/m1/s1. The SMILES string of the molecule is O=C(O)c1csc([C@H]2CC[C@@H]3[C@@H](/C=C/COc4ccc(C(F)(F)F)cc4)[C@H](O)C[C@@H]3O2)n1. The first-order valence-corrected chi connectivity index (χ1v) is 11.1. The molecule has 2 N–H and O–H groups in total. The van der Waals surface area contributed by atoms with Crippen molar-refractivity contribution < 1.29 is 37.7 Å². The van der Waals surface area contributed by atoms with E-state index in [4.69, 9.17) is 14.6 Å². The molecule has 32 heavy (non-hydrogen) atoms. The lowest BCUT2D eigenvalue weighted by Gasteiger charge is -2.33. The van der Waals surface area contributed by atoms with Gasteiger partial charge in [-0.1, -0.05) is 12.2 Å². The third-order valence-electron chi connectivity index (χ3n) is 5.89. The van der Waals surface area contributed by atoms with Crippen molar-refractivity contribution in [2.24, 2.45) is 11.8 Å². The fraction of sp³-hybridized carbons (Fsp3) is 0.455. The van der Waals surface area contributed by atoms with E-state index in [9.17, 15) is 23.1 Å². The molecule has 10 heteroatoms. The molecule has 5 atom stereocenters. The number of halogens is 3. The summed E-state index contributed by atoms with van der Waals surface area (Å²) >= 11 is 1.26. The molecule has 0 spiro atoms. The smallest absolute Gasteiger partial charge is 0.416 e. The van der Waals surface area contributed by atoms with E-state index in [0.29, 0.717) is 23.6 Å². The predicted octanol–water partition coefficient (Wildman–Crippen LogP) is 4.71. The van der Waals surface area contributed by atoms with Crippen LogP contribution in [0.5, 0.6) is 5.75 Å². The van der Waals surface area contributed by atoms with Crippen molar-refractivity contribution in [2.45, 2.75) is 43.8 Å². The van der Waals surface area contributed by atoms with Gasteiger partial charge in [-0.2, -0.15) is 13.2 Å². The fourth-order valence-corrected chi connectivity index (χ4v) is 5.21. The van der Waals surface area contributed by atoms with Gasteiger partial charge in [-0.3, -0.25) is 0 Å². The first-order valence-electron chi connectivity index (χ1n) is 10.2. The number of aromatic nitrogens is 1. The average Bonchev–Trinajstić information content (AvgIpc) is 3.35. The fourth-order valence-electron chi connectivity index (χ4n) is 4.34. The third kappa shape index (κ3) is 4.97. The van der Waals surface area contributed by atoms with Gasteiger partial charge in [-0.15, -0.1) is 11.3 Å². The first-order chi connectivity index (χ1) is 15.2. The van der Waals surface area contributed by atoms with E-state index in [0.717, 1.165) is 18.6 Å². The minimum Gasteiger partial charge on any atom is -0.490 e. The van der Waals surface area contributed by atoms with Crippen molar-refractivity contribution in [3.05, 3.63) is 58.1 Å². The van der Waals surface area contributed by atoms with Crippen molar-refractivity contribution >= 4 is 17.3 Å². The van der Waals surface area contributed by atoms with Gasteiger partial charge in [-0.05, 0) is 43.0 Å². The van der Waals surface area contributed by atoms with E-state index >= 15 is 0 Å². The zero-order valence-corrected chi connectivity index (χ0v) is 17.7. The van der Waals surface area contributed by atoms with Gasteiger partial charge in [0.15, 0.2) is 5.69 Å². The largest absolute Gasteiger partial charge is 0.490 e. The van der Waals surface area contributed by atoms with Crippen LogP contribution in [0.1, 0.15) is 46.4 Å². The molecule has 1 aliphatic carbocycles. The highest BCUT2D eigenvalue weighted by Gasteiger charge is 2.45. The Morgan fingerprint density at radius 3 is 2.69 bits per heavy atom. The number of carboxylic acids is 1. The summed E-state index contributed by atoms with van der Waals surface area (Å²) in [5.41, 5.74) is -0.718. The monoisotopic (exact) mass is 469 g/mol. The molecule has 1 saturated carbocycles. The Bertz CT molecular complexity index is 975. The Balaban J connectivity index is 1.30. The lowest BCUT2D eigenvalue weighted by molar-refractivity contribution is -0.137. The summed E-state index contributed by atoms with van der Waals surface area (Å²) in [7, 11) is 0. The molecule has 0 unspecified atom stereocenters. The van der Waals surface area contributed by atoms with Gasteiger partial charge in [0.05, 0.1) is 17.8 Å². The molecule has 172 valence electrons. The van der Waals surface area contributed by atoms with Crippen LogP contribution in [0.2, 0.25) is 0 Å². The van der Waals surface area contributed by atoms with Crippen molar-refractivity contribution in [3.8, 4) is 5.75 Å². The lowest BCUT2D eigenvalue weighted by Crippen LogP contribution is -2.30. The maximum Gasteiger partial charge on any atom is 0.416 e. The number of benzene rings is 1. The van der Waals surface area contributed by atoms with Gasteiger partial charge < -0.3 is 19.7 Å². The van der Waals surface area contributed by atoms with E-state index in [2.05, 4.69) is 4.98 Å². The topological polar surface area (TPSA) is 88.9 Å². The number of carbonyl (C=O) groups is 1. The molecule has 2 aromatic rings. The molecular weight excluding hydrogens is 447 g/mol. The van der Waals surface area contributed by atoms with Gasteiger partial charge in [0.25, 0.3) is 0 Å². The first kappa shape index (κ1) is 22.8. The summed E-state index contributed by atoms with van der Waals surface area (Å²) in [6.45, 7) is 0.173. The van der Waals surface area contributed by atoms with Crippen LogP contribution < -0.4 is 4.74 Å². The number of alkyl halides is 3. The van der Waals surface area contributed by atoms with E-state index in [-0.39, 0.29) is 36.3 Å². The third-order valence-corrected chi connectivity index (χ3v) is 6.83. The van der Waals surface area contributed by atoms with E-state index < -0.39 is 23.8 Å². The molecule has 1 aliphatic heterocycles. The van der Waals surface area contributed by atoms with Crippen LogP contribution in [0.4, 0.5) is 13.2 Å². The zero-order chi connectivity index (χ0) is 22.9. The zero-order valence-electron chi connectivity index (χ0n) is 16.9. The predicted molar refractivity (Wildman–Crippen MR) is 110 cm³/mol. The summed E-state index contributed by atoms with van der Waals surface area (Å²) in [6.07, 6.45) is 0.251. The molecular formula is C22H22F3NO5S. The number of aromatic carboxylic acids is 1. The highest BCUT2D eigenvalue weighted by Crippen LogP contribution is 2.46. The summed E-state index contributed by atoms with van der Waals surface area (Å²) < 4.78 is 49.5. The minimum atomic E-state index is -4.38. The van der Waals surface area contributed by atoms with Crippen molar-refractivity contribution in [1.29, 1.82) is 0 Å². The Kier molecular flexibility index (Phi) is 6.55. The Morgan fingerprint density at radius 2 is 2.03 bits per heavy atom. The van der Waals surface area contributed by atoms with Crippen LogP contribution in [0.15, 0.2) is 41.8 Å². The number of nitrogens with zero attached hydrogens (tertiary/aromatic N) is 1. The number of hydrogen-bond acceptors (Lipinski definition) is 6. The summed E-state index contributed by atoms with van der Waals surface area (Å²) in [6, 6.07) is 4.51. The van der Waals surface area contributed by atoms with Crippen molar-refractivity contribution in [1.82, 2.24) is 4.98 Å². The maximum atomic E-state index is 12.6. The highest BCUT2D eigenvalue weighted by atomic mass is 32.1. The Morgan fingerprint density at radius 1 is 1.28 bits per heavy atom. The van der Waals surface area contributed by atoms with Crippen LogP contribution in [0.3, 0.4) is 0 Å². The van der Waals surface area contributed by atoms with Gasteiger partial charge in [0, 0.05) is 17.7 Å². The Hall–Kier alpha value is -2.43. The number of thiazole rings is 1. The van der Waals surface area contributed by atoms with Crippen molar-refractivity contribution in [2.75, 3.05) is 6.61 Å². The normalized spacial score (nSPS) is 28.1. The molecule has 0 bridgehead atoms. The number of carboxylic acid groups (broad SMARTS) is 1. The van der Waals surface area contributed by atoms with E-state index in [1.165, 1.54) is 28.8 Å². The molecule has 2 heterocycles. The van der Waals surface area contributed by atoms with Crippen LogP contribution >= 0.6 is 11.3 Å². The lowest BCUT2D eigenvalue weighted by atomic mass is 9.86. The number of fused-ring (bicyclic) bond motifs is 1. The second-order valence-electron chi connectivity index (χ2n) is 7.92. The second kappa shape index (κ2) is 9.21. The molecule has 0 radical (unpaired) electrons. The van der Waals surface area contributed by atoms with Crippen LogP contribution in [0, 0.1) is 11.8 Å². The molecule has 0 amide bonds. The maximum absolute atomic E-state index is 12.6. The number of hydrogen-bond donors (Lipinski definition) is 2. The summed E-state index contributed by atoms with van der Waals surface area (Å²) in [5, 5.41) is 21.7. The second-order valence-corrected chi connectivity index (χ2v) is 8.81.